The van der Waals surface area contributed by atoms with E-state index in [0.717, 1.165) is 0 Å². The van der Waals surface area contributed by atoms with Crippen molar-refractivity contribution in [2.45, 2.75) is 0 Å². The number of methoxy groups -OCH3 is 2. The molecule has 6 nitrogen and oxygen atoms in total. The third-order valence-corrected chi connectivity index (χ3v) is 3.22. The standard InChI is InChI=1S/C18H15NO5/c1-23-16-9-13(19)10-17(24-2)14(16)7-8-15(20)11-3-5-12(6-4-11)18(21)22/h3-6,9-10H,19H2,1-2H3,(H,21,22). The van der Waals surface area contributed by atoms with Gasteiger partial charge in [0.15, 0.2) is 0 Å². The maximum atomic E-state index is 12.1. The Hall–Kier alpha value is -3.46. The number of Topliss-reactive ketones (excluding diaryl/α,β-unsaturated/α-hetero) is 1. The fourth-order valence-corrected chi connectivity index (χ4v) is 2.01. The van der Waals surface area contributed by atoms with Gasteiger partial charge in [0.1, 0.15) is 17.1 Å². The van der Waals surface area contributed by atoms with Crippen molar-refractivity contribution in [3.05, 3.63) is 53.1 Å². The lowest BCUT2D eigenvalue weighted by atomic mass is 10.1. The lowest BCUT2D eigenvalue weighted by molar-refractivity contribution is 0.0696. The van der Waals surface area contributed by atoms with Gasteiger partial charge in [-0.1, -0.05) is 5.92 Å². The number of carbonyl (C=O) groups is 2. The summed E-state index contributed by atoms with van der Waals surface area (Å²) in [6, 6.07) is 8.69. The first-order chi connectivity index (χ1) is 11.5. The Balaban J connectivity index is 2.35. The van der Waals surface area contributed by atoms with Gasteiger partial charge in [0, 0.05) is 23.4 Å². The number of carboxylic acids is 1. The van der Waals surface area contributed by atoms with Gasteiger partial charge >= 0.3 is 5.97 Å². The fourth-order valence-electron chi connectivity index (χ4n) is 2.01. The number of rotatable bonds is 4. The van der Waals surface area contributed by atoms with Crippen LogP contribution >= 0.6 is 0 Å². The van der Waals surface area contributed by atoms with Gasteiger partial charge in [0.05, 0.1) is 19.8 Å². The van der Waals surface area contributed by atoms with Gasteiger partial charge in [0.25, 0.3) is 0 Å². The van der Waals surface area contributed by atoms with Gasteiger partial charge in [-0.2, -0.15) is 0 Å². The molecule has 0 atom stereocenters. The molecule has 2 rings (SSSR count). The van der Waals surface area contributed by atoms with E-state index < -0.39 is 11.8 Å². The second-order valence-electron chi connectivity index (χ2n) is 4.76. The molecule has 24 heavy (non-hydrogen) atoms. The summed E-state index contributed by atoms with van der Waals surface area (Å²) in [4.78, 5) is 22.9. The Bertz CT molecular complexity index is 819. The van der Waals surface area contributed by atoms with E-state index in [4.69, 9.17) is 20.3 Å². The molecule has 6 heteroatoms. The zero-order valence-electron chi connectivity index (χ0n) is 13.1. The summed E-state index contributed by atoms with van der Waals surface area (Å²) in [7, 11) is 2.93. The van der Waals surface area contributed by atoms with Crippen molar-refractivity contribution in [3.63, 3.8) is 0 Å². The van der Waals surface area contributed by atoms with Gasteiger partial charge < -0.3 is 20.3 Å². The summed E-state index contributed by atoms with van der Waals surface area (Å²) < 4.78 is 10.4. The second-order valence-corrected chi connectivity index (χ2v) is 4.76. The number of aromatic carboxylic acids is 1. The van der Waals surface area contributed by atoms with Crippen LogP contribution in [0.1, 0.15) is 26.3 Å². The van der Waals surface area contributed by atoms with E-state index in [9.17, 15) is 9.59 Å². The van der Waals surface area contributed by atoms with Crippen molar-refractivity contribution in [2.75, 3.05) is 20.0 Å². The number of carbonyl (C=O) groups excluding carboxylic acids is 1. The predicted molar refractivity (Wildman–Crippen MR) is 88.6 cm³/mol. The highest BCUT2D eigenvalue weighted by atomic mass is 16.5. The van der Waals surface area contributed by atoms with Crippen molar-refractivity contribution in [1.29, 1.82) is 0 Å². The highest BCUT2D eigenvalue weighted by Crippen LogP contribution is 2.30. The summed E-state index contributed by atoms with van der Waals surface area (Å²) in [5.74, 6) is 4.50. The summed E-state index contributed by atoms with van der Waals surface area (Å²) >= 11 is 0. The lowest BCUT2D eigenvalue weighted by Gasteiger charge is -2.09. The van der Waals surface area contributed by atoms with Crippen LogP contribution in [0.5, 0.6) is 11.5 Å². The molecule has 0 saturated heterocycles. The third kappa shape index (κ3) is 3.65. The van der Waals surface area contributed by atoms with Crippen molar-refractivity contribution in [1.82, 2.24) is 0 Å². The third-order valence-electron chi connectivity index (χ3n) is 3.22. The van der Waals surface area contributed by atoms with Gasteiger partial charge in [-0.25, -0.2) is 4.79 Å². The quantitative estimate of drug-likeness (QED) is 0.508. The van der Waals surface area contributed by atoms with Crippen LogP contribution in [-0.2, 0) is 0 Å². The molecule has 0 aliphatic carbocycles. The van der Waals surface area contributed by atoms with Gasteiger partial charge in [-0.05, 0) is 30.2 Å². The molecule has 0 unspecified atom stereocenters. The first kappa shape index (κ1) is 16.9. The van der Waals surface area contributed by atoms with E-state index in [0.29, 0.717) is 28.3 Å². The van der Waals surface area contributed by atoms with Crippen LogP contribution < -0.4 is 15.2 Å². The second kappa shape index (κ2) is 7.20. The Labute approximate surface area is 138 Å². The molecule has 2 aromatic rings. The van der Waals surface area contributed by atoms with Crippen LogP contribution in [0, 0.1) is 11.8 Å². The van der Waals surface area contributed by atoms with Crippen molar-refractivity contribution in [3.8, 4) is 23.3 Å². The normalized spacial score (nSPS) is 9.58. The van der Waals surface area contributed by atoms with E-state index in [1.165, 1.54) is 38.5 Å². The minimum absolute atomic E-state index is 0.0985. The molecule has 2 aromatic carbocycles. The molecule has 0 spiro atoms. The van der Waals surface area contributed by atoms with E-state index in [-0.39, 0.29) is 5.56 Å². The van der Waals surface area contributed by atoms with Crippen molar-refractivity contribution >= 4 is 17.4 Å². The molecular formula is C18H15NO5. The number of hydrogen-bond acceptors (Lipinski definition) is 5. The first-order valence-electron chi connectivity index (χ1n) is 6.87. The summed E-state index contributed by atoms with van der Waals surface area (Å²) in [6.45, 7) is 0. The van der Waals surface area contributed by atoms with E-state index in [1.54, 1.807) is 12.1 Å². The van der Waals surface area contributed by atoms with Crippen LogP contribution in [0.3, 0.4) is 0 Å². The Kier molecular flexibility index (Phi) is 5.07. The number of nitrogens with two attached hydrogens (primary N) is 1. The highest BCUT2D eigenvalue weighted by Gasteiger charge is 2.11. The number of carboxylic acid groups (broad SMARTS) is 1. The SMILES string of the molecule is COc1cc(N)cc(OC)c1C#CC(=O)c1ccc(C(=O)O)cc1. The molecule has 0 amide bonds. The highest BCUT2D eigenvalue weighted by molar-refractivity contribution is 6.09. The Morgan fingerprint density at radius 1 is 1.00 bits per heavy atom. The van der Waals surface area contributed by atoms with Crippen molar-refractivity contribution < 1.29 is 24.2 Å². The first-order valence-corrected chi connectivity index (χ1v) is 6.87. The average Bonchev–Trinajstić information content (AvgIpc) is 2.59. The number of ketones is 1. The van der Waals surface area contributed by atoms with Crippen LogP contribution in [0.4, 0.5) is 5.69 Å². The number of hydrogen-bond donors (Lipinski definition) is 2. The van der Waals surface area contributed by atoms with Crippen molar-refractivity contribution in [2.24, 2.45) is 0 Å². The predicted octanol–water partition coefficient (Wildman–Crippen LogP) is 2.22. The lowest BCUT2D eigenvalue weighted by Crippen LogP contribution is -2.00. The Morgan fingerprint density at radius 2 is 1.50 bits per heavy atom. The Morgan fingerprint density at radius 3 is 1.96 bits per heavy atom. The van der Waals surface area contributed by atoms with E-state index >= 15 is 0 Å². The number of anilines is 1. The maximum absolute atomic E-state index is 12.1. The monoisotopic (exact) mass is 325 g/mol. The number of nitrogen functional groups attached to an aromatic ring is 1. The largest absolute Gasteiger partial charge is 0.495 e. The van der Waals surface area contributed by atoms with Gasteiger partial charge in [0.2, 0.25) is 5.78 Å². The molecule has 0 fully saturated rings. The summed E-state index contributed by atoms with van der Waals surface area (Å²) in [6.07, 6.45) is 0. The van der Waals surface area contributed by atoms with Crippen LogP contribution in [0.15, 0.2) is 36.4 Å². The minimum atomic E-state index is -1.06. The van der Waals surface area contributed by atoms with Gasteiger partial charge in [-0.3, -0.25) is 4.79 Å². The molecule has 0 aromatic heterocycles. The smallest absolute Gasteiger partial charge is 0.335 e. The number of ether oxygens (including phenoxy) is 2. The molecule has 122 valence electrons. The van der Waals surface area contributed by atoms with E-state index in [1.807, 2.05) is 0 Å². The topological polar surface area (TPSA) is 98.9 Å². The van der Waals surface area contributed by atoms with E-state index in [2.05, 4.69) is 11.8 Å². The molecule has 3 N–H and O–H groups in total. The average molecular weight is 325 g/mol. The number of benzene rings is 2. The molecule has 0 aliphatic heterocycles. The molecule has 0 bridgehead atoms. The summed E-state index contributed by atoms with van der Waals surface area (Å²) in [5.41, 5.74) is 6.99. The zero-order chi connectivity index (χ0) is 17.7. The molecule has 0 heterocycles. The van der Waals surface area contributed by atoms with Gasteiger partial charge in [-0.15, -0.1) is 0 Å². The zero-order valence-corrected chi connectivity index (χ0v) is 13.1. The fraction of sp³-hybridized carbons (Fsp3) is 0.111. The molecular weight excluding hydrogens is 310 g/mol. The summed E-state index contributed by atoms with van der Waals surface area (Å²) in [5, 5.41) is 8.85. The molecule has 0 saturated carbocycles. The molecule has 0 aliphatic rings. The van der Waals surface area contributed by atoms with Crippen LogP contribution in [-0.4, -0.2) is 31.1 Å². The van der Waals surface area contributed by atoms with Crippen LogP contribution in [0.2, 0.25) is 0 Å². The minimum Gasteiger partial charge on any atom is -0.495 e. The maximum Gasteiger partial charge on any atom is 0.335 e. The molecule has 0 radical (unpaired) electrons. The van der Waals surface area contributed by atoms with Crippen LogP contribution in [0.25, 0.3) is 0 Å².